The van der Waals surface area contributed by atoms with Gasteiger partial charge in [0.15, 0.2) is 0 Å². The molecule has 4 rings (SSSR count). The topological polar surface area (TPSA) is 70.7 Å². The average molecular weight is 462 g/mol. The Kier molecular flexibility index (Phi) is 6.49. The number of halogens is 1. The zero-order valence-corrected chi connectivity index (χ0v) is 19.4. The molecule has 6 nitrogen and oxygen atoms in total. The summed E-state index contributed by atoms with van der Waals surface area (Å²) in [5, 5.41) is 6.92. The first kappa shape index (κ1) is 22.6. The zero-order chi connectivity index (χ0) is 23.5. The first-order valence-corrected chi connectivity index (χ1v) is 10.8. The van der Waals surface area contributed by atoms with Gasteiger partial charge in [-0.2, -0.15) is 0 Å². The third kappa shape index (κ3) is 4.77. The van der Waals surface area contributed by atoms with Crippen LogP contribution in [0.5, 0.6) is 0 Å². The number of esters is 1. The van der Waals surface area contributed by atoms with Gasteiger partial charge in [0.2, 0.25) is 0 Å². The predicted molar refractivity (Wildman–Crippen MR) is 132 cm³/mol. The highest BCUT2D eigenvalue weighted by molar-refractivity contribution is 6.37. The van der Waals surface area contributed by atoms with Crippen molar-refractivity contribution in [1.29, 1.82) is 0 Å². The molecule has 3 aromatic carbocycles. The van der Waals surface area contributed by atoms with Gasteiger partial charge in [0.25, 0.3) is 5.91 Å². The Labute approximate surface area is 197 Å². The molecule has 33 heavy (non-hydrogen) atoms. The number of anilines is 2. The summed E-state index contributed by atoms with van der Waals surface area (Å²) in [6.45, 7) is 0.726. The summed E-state index contributed by atoms with van der Waals surface area (Å²) in [5.41, 5.74) is 5.40. The van der Waals surface area contributed by atoms with Crippen molar-refractivity contribution in [2.75, 3.05) is 31.8 Å². The summed E-state index contributed by atoms with van der Waals surface area (Å²) in [4.78, 5) is 27.0. The van der Waals surface area contributed by atoms with E-state index in [-0.39, 0.29) is 5.91 Å². The maximum Gasteiger partial charge on any atom is 0.337 e. The number of hydrogen-bond acceptors (Lipinski definition) is 5. The summed E-state index contributed by atoms with van der Waals surface area (Å²) in [7, 11) is 5.30. The second-order valence-corrected chi connectivity index (χ2v) is 8.40. The highest BCUT2D eigenvalue weighted by Crippen LogP contribution is 2.38. The van der Waals surface area contributed by atoms with E-state index in [9.17, 15) is 9.59 Å². The fourth-order valence-corrected chi connectivity index (χ4v) is 4.03. The van der Waals surface area contributed by atoms with E-state index in [1.807, 2.05) is 67.5 Å². The minimum Gasteiger partial charge on any atom is -0.465 e. The fraction of sp³-hybridized carbons (Fsp3) is 0.154. The minimum absolute atomic E-state index is 0.256. The molecule has 0 radical (unpaired) electrons. The molecule has 0 unspecified atom stereocenters. The Morgan fingerprint density at radius 3 is 2.45 bits per heavy atom. The van der Waals surface area contributed by atoms with Gasteiger partial charge in [-0.1, -0.05) is 54.1 Å². The Morgan fingerprint density at radius 2 is 1.79 bits per heavy atom. The third-order valence-corrected chi connectivity index (χ3v) is 5.66. The molecule has 3 aromatic rings. The van der Waals surface area contributed by atoms with Crippen LogP contribution < -0.4 is 10.6 Å². The van der Waals surface area contributed by atoms with E-state index in [1.54, 1.807) is 18.2 Å². The molecule has 7 heteroatoms. The minimum atomic E-state index is -0.460. The third-order valence-electron chi connectivity index (χ3n) is 5.31. The quantitative estimate of drug-likeness (QED) is 0.394. The molecule has 1 heterocycles. The van der Waals surface area contributed by atoms with E-state index in [0.29, 0.717) is 33.1 Å². The van der Waals surface area contributed by atoms with Gasteiger partial charge in [-0.25, -0.2) is 4.79 Å². The number of nitrogens with zero attached hydrogens (tertiary/aromatic N) is 1. The van der Waals surface area contributed by atoms with Crippen LogP contribution in [-0.4, -0.2) is 38.0 Å². The van der Waals surface area contributed by atoms with Gasteiger partial charge in [0.05, 0.1) is 29.6 Å². The lowest BCUT2D eigenvalue weighted by molar-refractivity contribution is -0.110. The summed E-state index contributed by atoms with van der Waals surface area (Å²) in [6, 6.07) is 20.4. The van der Waals surface area contributed by atoms with Crippen LogP contribution in [0.25, 0.3) is 11.3 Å². The van der Waals surface area contributed by atoms with Crippen molar-refractivity contribution < 1.29 is 14.3 Å². The summed E-state index contributed by atoms with van der Waals surface area (Å²) in [6.07, 6.45) is 0. The van der Waals surface area contributed by atoms with Gasteiger partial charge in [0.1, 0.15) is 0 Å². The molecule has 168 valence electrons. The van der Waals surface area contributed by atoms with Crippen LogP contribution >= 0.6 is 11.6 Å². The summed E-state index contributed by atoms with van der Waals surface area (Å²) < 4.78 is 4.80. The zero-order valence-electron chi connectivity index (χ0n) is 18.6. The first-order valence-electron chi connectivity index (χ1n) is 10.4. The normalized spacial score (nSPS) is 14.0. The Hall–Kier alpha value is -3.61. The van der Waals surface area contributed by atoms with Crippen molar-refractivity contribution in [3.05, 3.63) is 94.0 Å². The molecule has 0 fully saturated rings. The molecule has 1 amide bonds. The Balaban J connectivity index is 1.81. The number of ether oxygens (including phenoxy) is 1. The number of rotatable bonds is 6. The largest absolute Gasteiger partial charge is 0.465 e. The van der Waals surface area contributed by atoms with Crippen LogP contribution in [0.1, 0.15) is 27.0 Å². The molecule has 1 aliphatic heterocycles. The van der Waals surface area contributed by atoms with Crippen molar-refractivity contribution in [2.24, 2.45) is 0 Å². The monoisotopic (exact) mass is 461 g/mol. The molecule has 0 spiro atoms. The molecular formula is C26H24ClN3O3. The van der Waals surface area contributed by atoms with E-state index in [2.05, 4.69) is 10.6 Å². The van der Waals surface area contributed by atoms with Gasteiger partial charge in [0, 0.05) is 22.8 Å². The van der Waals surface area contributed by atoms with Gasteiger partial charge >= 0.3 is 5.97 Å². The van der Waals surface area contributed by atoms with Crippen molar-refractivity contribution in [3.63, 3.8) is 0 Å². The van der Waals surface area contributed by atoms with Crippen LogP contribution in [0.2, 0.25) is 5.02 Å². The number of carbonyl (C=O) groups excluding carboxylic acids is 2. The van der Waals surface area contributed by atoms with Gasteiger partial charge < -0.3 is 20.3 Å². The average Bonchev–Trinajstić information content (AvgIpc) is 3.13. The lowest BCUT2D eigenvalue weighted by Gasteiger charge is -2.17. The maximum atomic E-state index is 13.1. The van der Waals surface area contributed by atoms with Crippen LogP contribution in [0.3, 0.4) is 0 Å². The SMILES string of the molecule is COC(=O)c1ccc2c(c1)NC(=O)/C2=C(/Nc1ccc(CN(C)C)c(Cl)c1)c1ccccc1. The molecule has 0 aromatic heterocycles. The Morgan fingerprint density at radius 1 is 1.03 bits per heavy atom. The lowest BCUT2D eigenvalue weighted by Crippen LogP contribution is -2.12. The van der Waals surface area contributed by atoms with E-state index in [4.69, 9.17) is 16.3 Å². The second-order valence-electron chi connectivity index (χ2n) is 7.99. The fourth-order valence-electron chi connectivity index (χ4n) is 3.79. The standard InChI is InChI=1S/C26H24ClN3O3/c1-30(2)15-18-9-11-19(14-21(18)27)28-24(16-7-5-4-6-8-16)23-20-12-10-17(26(32)33-3)13-22(20)29-25(23)31/h4-14,28H,15H2,1-3H3,(H,29,31)/b24-23+. The van der Waals surface area contributed by atoms with Crippen LogP contribution in [0, 0.1) is 0 Å². The second kappa shape index (κ2) is 9.48. The van der Waals surface area contributed by atoms with E-state index >= 15 is 0 Å². The summed E-state index contributed by atoms with van der Waals surface area (Å²) >= 11 is 6.53. The smallest absolute Gasteiger partial charge is 0.337 e. The first-order chi connectivity index (χ1) is 15.9. The number of carbonyl (C=O) groups is 2. The Bertz CT molecular complexity index is 1250. The van der Waals surface area contributed by atoms with Crippen molar-refractivity contribution in [2.45, 2.75) is 6.54 Å². The van der Waals surface area contributed by atoms with Gasteiger partial charge in [-0.05, 0) is 49.5 Å². The van der Waals surface area contributed by atoms with Crippen LogP contribution in [-0.2, 0) is 16.1 Å². The molecule has 2 N–H and O–H groups in total. The van der Waals surface area contributed by atoms with Crippen molar-refractivity contribution >= 4 is 46.1 Å². The number of amides is 1. The van der Waals surface area contributed by atoms with Crippen LogP contribution in [0.15, 0.2) is 66.7 Å². The number of fused-ring (bicyclic) bond motifs is 1. The van der Waals surface area contributed by atoms with E-state index in [1.165, 1.54) is 7.11 Å². The van der Waals surface area contributed by atoms with E-state index in [0.717, 1.165) is 23.4 Å². The molecule has 1 aliphatic rings. The lowest BCUT2D eigenvalue weighted by atomic mass is 9.99. The molecule has 0 aliphatic carbocycles. The molecular weight excluding hydrogens is 438 g/mol. The number of nitrogens with one attached hydrogen (secondary N) is 2. The predicted octanol–water partition coefficient (Wildman–Crippen LogP) is 5.12. The van der Waals surface area contributed by atoms with Crippen molar-refractivity contribution in [1.82, 2.24) is 4.90 Å². The summed E-state index contributed by atoms with van der Waals surface area (Å²) in [5.74, 6) is -0.716. The van der Waals surface area contributed by atoms with Gasteiger partial charge in [-0.15, -0.1) is 0 Å². The van der Waals surface area contributed by atoms with Crippen LogP contribution in [0.4, 0.5) is 11.4 Å². The molecule has 0 atom stereocenters. The highest BCUT2D eigenvalue weighted by atomic mass is 35.5. The number of methoxy groups -OCH3 is 1. The van der Waals surface area contributed by atoms with Crippen molar-refractivity contribution in [3.8, 4) is 0 Å². The number of hydrogen-bond donors (Lipinski definition) is 2. The van der Waals surface area contributed by atoms with Gasteiger partial charge in [-0.3, -0.25) is 4.79 Å². The molecule has 0 saturated heterocycles. The molecule has 0 saturated carbocycles. The maximum absolute atomic E-state index is 13.1. The highest BCUT2D eigenvalue weighted by Gasteiger charge is 2.29. The molecule has 0 bridgehead atoms. The number of benzene rings is 3. The van der Waals surface area contributed by atoms with E-state index < -0.39 is 5.97 Å².